The van der Waals surface area contributed by atoms with E-state index in [0.29, 0.717) is 18.7 Å². The van der Waals surface area contributed by atoms with E-state index in [4.69, 9.17) is 4.74 Å². The van der Waals surface area contributed by atoms with E-state index in [9.17, 15) is 13.6 Å². The Labute approximate surface area is 129 Å². The molecule has 0 unspecified atom stereocenters. The Morgan fingerprint density at radius 3 is 2.32 bits per heavy atom. The van der Waals surface area contributed by atoms with Crippen LogP contribution in [0.1, 0.15) is 59.0 Å². The Bertz CT molecular complexity index is 583. The molecule has 0 aromatic carbocycles. The van der Waals surface area contributed by atoms with Crippen LogP contribution in [0.4, 0.5) is 19.3 Å². The molecule has 1 amide bonds. The molecule has 0 N–H and O–H groups in total. The molecule has 2 heterocycles. The fourth-order valence-corrected chi connectivity index (χ4v) is 2.53. The molecule has 7 heteroatoms. The summed E-state index contributed by atoms with van der Waals surface area (Å²) < 4.78 is 34.7. The summed E-state index contributed by atoms with van der Waals surface area (Å²) in [6, 6.07) is -0.0524. The van der Waals surface area contributed by atoms with Gasteiger partial charge in [-0.1, -0.05) is 0 Å². The van der Waals surface area contributed by atoms with Gasteiger partial charge in [-0.15, -0.1) is 0 Å². The smallest absolute Gasteiger partial charge is 0.414 e. The number of fused-ring (bicyclic) bond motifs is 1. The molecule has 0 fully saturated rings. The predicted molar refractivity (Wildman–Crippen MR) is 79.5 cm³/mol. The lowest BCUT2D eigenvalue weighted by Crippen LogP contribution is -2.36. The molecular weight excluding hydrogens is 292 g/mol. The standard InChI is InChI=1S/C15H23F2N3O2/c1-9(2)20-10-7-8-19(13(21)22-14(3,4)5)11(10)12(18-20)15(6,16)17/h9H,7-8H2,1-6H3. The number of ether oxygens (including phenoxy) is 1. The lowest BCUT2D eigenvalue weighted by atomic mass is 10.2. The summed E-state index contributed by atoms with van der Waals surface area (Å²) in [6.07, 6.45) is -0.115. The fourth-order valence-electron chi connectivity index (χ4n) is 2.53. The predicted octanol–water partition coefficient (Wildman–Crippen LogP) is 3.87. The van der Waals surface area contributed by atoms with Crippen molar-refractivity contribution in [2.24, 2.45) is 0 Å². The van der Waals surface area contributed by atoms with Crippen molar-refractivity contribution < 1.29 is 18.3 Å². The molecule has 0 spiro atoms. The second-order valence-electron chi connectivity index (χ2n) is 6.95. The molecule has 0 atom stereocenters. The van der Waals surface area contributed by atoms with Crippen molar-refractivity contribution in [3.63, 3.8) is 0 Å². The van der Waals surface area contributed by atoms with Crippen LogP contribution in [0.3, 0.4) is 0 Å². The molecule has 1 aromatic rings. The second-order valence-corrected chi connectivity index (χ2v) is 6.95. The number of hydrogen-bond acceptors (Lipinski definition) is 3. The van der Waals surface area contributed by atoms with Crippen molar-refractivity contribution in [3.05, 3.63) is 11.4 Å². The molecule has 1 aliphatic heterocycles. The van der Waals surface area contributed by atoms with Crippen molar-refractivity contribution in [1.82, 2.24) is 9.78 Å². The minimum atomic E-state index is -3.12. The number of nitrogens with zero attached hydrogens (tertiary/aromatic N) is 3. The van der Waals surface area contributed by atoms with Crippen LogP contribution in [0.5, 0.6) is 0 Å². The number of amides is 1. The zero-order valence-corrected chi connectivity index (χ0v) is 13.9. The van der Waals surface area contributed by atoms with E-state index in [1.54, 1.807) is 25.5 Å². The van der Waals surface area contributed by atoms with Gasteiger partial charge in [0.2, 0.25) is 0 Å². The second kappa shape index (κ2) is 5.21. The monoisotopic (exact) mass is 315 g/mol. The maximum atomic E-state index is 13.9. The van der Waals surface area contributed by atoms with Gasteiger partial charge in [0.05, 0.1) is 11.4 Å². The molecule has 0 saturated carbocycles. The zero-order chi connectivity index (χ0) is 16.9. The number of carbonyl (C=O) groups is 1. The largest absolute Gasteiger partial charge is 0.443 e. The van der Waals surface area contributed by atoms with Crippen LogP contribution in [-0.2, 0) is 17.1 Å². The van der Waals surface area contributed by atoms with E-state index in [1.807, 2.05) is 13.8 Å². The third-order valence-corrected chi connectivity index (χ3v) is 3.34. The number of aromatic nitrogens is 2. The molecule has 1 aromatic heterocycles. The third kappa shape index (κ3) is 3.08. The SMILES string of the molecule is CC(C)n1nc(C(C)(F)F)c2c1CCN2C(=O)OC(C)(C)C. The van der Waals surface area contributed by atoms with E-state index in [2.05, 4.69) is 5.10 Å². The normalized spacial score (nSPS) is 15.4. The van der Waals surface area contributed by atoms with Crippen molar-refractivity contribution in [3.8, 4) is 0 Å². The van der Waals surface area contributed by atoms with Crippen LogP contribution in [0, 0.1) is 0 Å². The van der Waals surface area contributed by atoms with Crippen LogP contribution in [-0.4, -0.2) is 28.0 Å². The summed E-state index contributed by atoms with van der Waals surface area (Å²) in [5, 5.41) is 4.05. The Kier molecular flexibility index (Phi) is 3.96. The molecule has 0 radical (unpaired) electrons. The number of rotatable bonds is 2. The summed E-state index contributed by atoms with van der Waals surface area (Å²) >= 11 is 0. The number of halogens is 2. The molecular formula is C15H23F2N3O2. The summed E-state index contributed by atoms with van der Waals surface area (Å²) in [4.78, 5) is 13.6. The lowest BCUT2D eigenvalue weighted by molar-refractivity contribution is 0.0123. The lowest BCUT2D eigenvalue weighted by Gasteiger charge is -2.25. The first-order valence-electron chi connectivity index (χ1n) is 7.42. The quantitative estimate of drug-likeness (QED) is 0.832. The van der Waals surface area contributed by atoms with Gasteiger partial charge in [-0.25, -0.2) is 4.79 Å². The van der Waals surface area contributed by atoms with Gasteiger partial charge in [0.25, 0.3) is 5.92 Å². The first kappa shape index (κ1) is 16.7. The first-order valence-corrected chi connectivity index (χ1v) is 7.42. The number of anilines is 1. The summed E-state index contributed by atoms with van der Waals surface area (Å²) in [6.45, 7) is 10.1. The van der Waals surface area contributed by atoms with E-state index in [0.717, 1.165) is 6.92 Å². The van der Waals surface area contributed by atoms with Crippen molar-refractivity contribution >= 4 is 11.8 Å². The van der Waals surface area contributed by atoms with Crippen molar-refractivity contribution in [2.45, 2.75) is 65.5 Å². The average Bonchev–Trinajstić information content (AvgIpc) is 2.81. The van der Waals surface area contributed by atoms with Gasteiger partial charge in [-0.3, -0.25) is 9.58 Å². The Balaban J connectivity index is 2.47. The molecule has 124 valence electrons. The summed E-state index contributed by atoms with van der Waals surface area (Å²) in [5.74, 6) is -3.12. The molecule has 2 rings (SSSR count). The minimum absolute atomic E-state index is 0.0524. The molecule has 0 aliphatic carbocycles. The van der Waals surface area contributed by atoms with Crippen molar-refractivity contribution in [1.29, 1.82) is 0 Å². The van der Waals surface area contributed by atoms with Crippen LogP contribution in [0.25, 0.3) is 0 Å². The highest BCUT2D eigenvalue weighted by molar-refractivity contribution is 5.91. The van der Waals surface area contributed by atoms with Crippen LogP contribution in [0.2, 0.25) is 0 Å². The highest BCUT2D eigenvalue weighted by atomic mass is 19.3. The maximum Gasteiger partial charge on any atom is 0.414 e. The highest BCUT2D eigenvalue weighted by Gasteiger charge is 2.42. The van der Waals surface area contributed by atoms with E-state index < -0.39 is 17.6 Å². The van der Waals surface area contributed by atoms with Gasteiger partial charge in [0.15, 0.2) is 5.69 Å². The maximum absolute atomic E-state index is 13.9. The fraction of sp³-hybridized carbons (Fsp3) is 0.733. The van der Waals surface area contributed by atoms with E-state index >= 15 is 0 Å². The zero-order valence-electron chi connectivity index (χ0n) is 13.9. The van der Waals surface area contributed by atoms with Crippen LogP contribution >= 0.6 is 0 Å². The number of hydrogen-bond donors (Lipinski definition) is 0. The minimum Gasteiger partial charge on any atom is -0.443 e. The first-order chi connectivity index (χ1) is 9.92. The number of carbonyl (C=O) groups excluding carboxylic acids is 1. The summed E-state index contributed by atoms with van der Waals surface area (Å²) in [5.41, 5.74) is -0.171. The topological polar surface area (TPSA) is 47.4 Å². The van der Waals surface area contributed by atoms with Crippen LogP contribution < -0.4 is 4.90 Å². The van der Waals surface area contributed by atoms with Gasteiger partial charge in [-0.05, 0) is 34.6 Å². The average molecular weight is 315 g/mol. The van der Waals surface area contributed by atoms with Gasteiger partial charge in [0.1, 0.15) is 5.60 Å². The van der Waals surface area contributed by atoms with Crippen LogP contribution in [0.15, 0.2) is 0 Å². The van der Waals surface area contributed by atoms with Crippen molar-refractivity contribution in [2.75, 3.05) is 11.4 Å². The van der Waals surface area contributed by atoms with Gasteiger partial charge in [-0.2, -0.15) is 13.9 Å². The van der Waals surface area contributed by atoms with Gasteiger partial charge in [0, 0.05) is 25.9 Å². The molecule has 0 bridgehead atoms. The third-order valence-electron chi connectivity index (χ3n) is 3.34. The van der Waals surface area contributed by atoms with E-state index in [-0.39, 0.29) is 17.4 Å². The molecule has 0 saturated heterocycles. The Hall–Kier alpha value is -1.66. The molecule has 5 nitrogen and oxygen atoms in total. The number of alkyl halides is 2. The van der Waals surface area contributed by atoms with Gasteiger partial charge < -0.3 is 4.74 Å². The highest BCUT2D eigenvalue weighted by Crippen LogP contribution is 2.41. The summed E-state index contributed by atoms with van der Waals surface area (Å²) in [7, 11) is 0. The molecule has 1 aliphatic rings. The Morgan fingerprint density at radius 1 is 1.27 bits per heavy atom. The Morgan fingerprint density at radius 2 is 1.86 bits per heavy atom. The van der Waals surface area contributed by atoms with Gasteiger partial charge >= 0.3 is 6.09 Å². The molecule has 22 heavy (non-hydrogen) atoms. The van der Waals surface area contributed by atoms with E-state index in [1.165, 1.54) is 4.90 Å².